The number of hydrogen-bond donors (Lipinski definition) is 0. The first-order valence-electron chi connectivity index (χ1n) is 5.82. The molecule has 1 unspecified atom stereocenters. The highest BCUT2D eigenvalue weighted by Gasteiger charge is 2.26. The van der Waals surface area contributed by atoms with Gasteiger partial charge in [0.25, 0.3) is 0 Å². The van der Waals surface area contributed by atoms with Crippen LogP contribution in [-0.2, 0) is 11.3 Å². The number of carbonyl (C=O) groups excluding carboxylic acids is 1. The molecule has 1 fully saturated rings. The Morgan fingerprint density at radius 2 is 2.44 bits per heavy atom. The first-order valence-corrected chi connectivity index (χ1v) is 6.70. The van der Waals surface area contributed by atoms with E-state index < -0.39 is 0 Å². The third-order valence-corrected chi connectivity index (χ3v) is 3.94. The second-order valence-corrected chi connectivity index (χ2v) is 5.51. The van der Waals surface area contributed by atoms with Gasteiger partial charge >= 0.3 is 0 Å². The van der Waals surface area contributed by atoms with Gasteiger partial charge in [-0.25, -0.2) is 4.98 Å². The van der Waals surface area contributed by atoms with E-state index in [0.29, 0.717) is 5.78 Å². The van der Waals surface area contributed by atoms with Crippen molar-refractivity contribution in [3.8, 4) is 0 Å². The molecule has 1 aliphatic rings. The maximum absolute atomic E-state index is 11.5. The van der Waals surface area contributed by atoms with Gasteiger partial charge in [-0.3, -0.25) is 9.69 Å². The van der Waals surface area contributed by atoms with Crippen LogP contribution in [0.4, 0.5) is 0 Å². The van der Waals surface area contributed by atoms with Crippen LogP contribution in [0, 0.1) is 6.92 Å². The van der Waals surface area contributed by atoms with Gasteiger partial charge in [0.15, 0.2) is 0 Å². The molecule has 3 nitrogen and oxygen atoms in total. The van der Waals surface area contributed by atoms with Crippen molar-refractivity contribution in [1.82, 2.24) is 9.88 Å². The average molecular weight is 238 g/mol. The Labute approximate surface area is 100 Å². The summed E-state index contributed by atoms with van der Waals surface area (Å²) in [4.78, 5) is 18.3. The van der Waals surface area contributed by atoms with Crippen molar-refractivity contribution in [3.05, 3.63) is 16.1 Å². The zero-order valence-corrected chi connectivity index (χ0v) is 10.7. The molecule has 1 atom stereocenters. The number of ketones is 1. The molecule has 0 aliphatic carbocycles. The normalized spacial score (nSPS) is 22.2. The summed E-state index contributed by atoms with van der Waals surface area (Å²) in [5, 5.41) is 3.20. The largest absolute Gasteiger partial charge is 0.298 e. The molecule has 0 bridgehead atoms. The monoisotopic (exact) mass is 238 g/mol. The van der Waals surface area contributed by atoms with Crippen LogP contribution < -0.4 is 0 Å². The molecule has 1 aromatic rings. The van der Waals surface area contributed by atoms with Gasteiger partial charge < -0.3 is 0 Å². The van der Waals surface area contributed by atoms with E-state index in [4.69, 9.17) is 0 Å². The van der Waals surface area contributed by atoms with Crippen LogP contribution in [-0.4, -0.2) is 28.3 Å². The summed E-state index contributed by atoms with van der Waals surface area (Å²) in [6.45, 7) is 5.58. The van der Waals surface area contributed by atoms with E-state index in [1.54, 1.807) is 18.3 Å². The van der Waals surface area contributed by atoms with Crippen molar-refractivity contribution >= 4 is 17.1 Å². The van der Waals surface area contributed by atoms with Crippen LogP contribution >= 0.6 is 11.3 Å². The molecule has 4 heteroatoms. The molecule has 1 saturated heterocycles. The van der Waals surface area contributed by atoms with Crippen molar-refractivity contribution in [2.24, 2.45) is 0 Å². The molecule has 1 aromatic heterocycles. The summed E-state index contributed by atoms with van der Waals surface area (Å²) in [6, 6.07) is 0.121. The smallest absolute Gasteiger partial charge is 0.146 e. The number of aryl methyl sites for hydroxylation is 1. The third kappa shape index (κ3) is 2.68. The van der Waals surface area contributed by atoms with Crippen molar-refractivity contribution in [3.63, 3.8) is 0 Å². The van der Waals surface area contributed by atoms with E-state index in [1.807, 2.05) is 6.92 Å². The zero-order chi connectivity index (χ0) is 11.5. The molecule has 16 heavy (non-hydrogen) atoms. The minimum absolute atomic E-state index is 0.121. The number of likely N-dealkylation sites (tertiary alicyclic amines) is 1. The fraction of sp³-hybridized carbons (Fsp3) is 0.667. The first-order chi connectivity index (χ1) is 7.66. The third-order valence-electron chi connectivity index (χ3n) is 3.11. The van der Waals surface area contributed by atoms with Crippen LogP contribution in [0.1, 0.15) is 36.9 Å². The molecule has 1 aliphatic heterocycles. The van der Waals surface area contributed by atoms with Gasteiger partial charge in [-0.05, 0) is 33.2 Å². The van der Waals surface area contributed by atoms with E-state index in [1.165, 1.54) is 12.8 Å². The number of hydrogen-bond acceptors (Lipinski definition) is 4. The van der Waals surface area contributed by atoms with Gasteiger partial charge in [0.1, 0.15) is 5.78 Å². The predicted octanol–water partition coefficient (Wildman–Crippen LogP) is 2.40. The van der Waals surface area contributed by atoms with Crippen LogP contribution in [0.5, 0.6) is 0 Å². The van der Waals surface area contributed by atoms with Crippen molar-refractivity contribution in [2.75, 3.05) is 6.54 Å². The predicted molar refractivity (Wildman–Crippen MR) is 65.6 cm³/mol. The van der Waals surface area contributed by atoms with E-state index in [2.05, 4.69) is 15.3 Å². The van der Waals surface area contributed by atoms with Gasteiger partial charge in [-0.2, -0.15) is 0 Å². The minimum Gasteiger partial charge on any atom is -0.298 e. The standard InChI is InChI=1S/C12H18N2OS/c1-9(15)12-5-3-4-6-14(12)7-11-8-16-10(2)13-11/h8,12H,3-7H2,1-2H3. The molecule has 0 N–H and O–H groups in total. The summed E-state index contributed by atoms with van der Waals surface area (Å²) in [6.07, 6.45) is 3.39. The van der Waals surface area contributed by atoms with Crippen LogP contribution in [0.25, 0.3) is 0 Å². The summed E-state index contributed by atoms with van der Waals surface area (Å²) in [7, 11) is 0. The summed E-state index contributed by atoms with van der Waals surface area (Å²) < 4.78 is 0. The fourth-order valence-electron chi connectivity index (χ4n) is 2.33. The van der Waals surface area contributed by atoms with E-state index in [0.717, 1.165) is 30.2 Å². The summed E-state index contributed by atoms with van der Waals surface area (Å²) in [5.74, 6) is 0.298. The van der Waals surface area contributed by atoms with Crippen LogP contribution in [0.2, 0.25) is 0 Å². The number of nitrogens with zero attached hydrogens (tertiary/aromatic N) is 2. The van der Waals surface area contributed by atoms with Gasteiger partial charge in [-0.15, -0.1) is 11.3 Å². The Bertz CT molecular complexity index is 375. The molecule has 2 heterocycles. The highest BCUT2D eigenvalue weighted by Crippen LogP contribution is 2.20. The van der Waals surface area contributed by atoms with Gasteiger partial charge in [0, 0.05) is 11.9 Å². The number of aromatic nitrogens is 1. The minimum atomic E-state index is 0.121. The van der Waals surface area contributed by atoms with E-state index in [9.17, 15) is 4.79 Å². The molecule has 0 amide bonds. The summed E-state index contributed by atoms with van der Waals surface area (Å²) >= 11 is 1.68. The number of carbonyl (C=O) groups is 1. The number of Topliss-reactive ketones (excluding diaryl/α,β-unsaturated/α-hetero) is 1. The van der Waals surface area contributed by atoms with Gasteiger partial charge in [-0.1, -0.05) is 6.42 Å². The van der Waals surface area contributed by atoms with Crippen LogP contribution in [0.15, 0.2) is 5.38 Å². The maximum atomic E-state index is 11.5. The quantitative estimate of drug-likeness (QED) is 0.810. The Kier molecular flexibility index (Phi) is 3.71. The lowest BCUT2D eigenvalue weighted by Crippen LogP contribution is -2.43. The Balaban J connectivity index is 2.03. The van der Waals surface area contributed by atoms with Gasteiger partial charge in [0.2, 0.25) is 0 Å². The molecular weight excluding hydrogens is 220 g/mol. The molecular formula is C12H18N2OS. The molecule has 0 saturated carbocycles. The lowest BCUT2D eigenvalue weighted by molar-refractivity contribution is -0.123. The first kappa shape index (κ1) is 11.7. The average Bonchev–Trinajstić information content (AvgIpc) is 2.64. The maximum Gasteiger partial charge on any atom is 0.146 e. The topological polar surface area (TPSA) is 33.2 Å². The summed E-state index contributed by atoms with van der Waals surface area (Å²) in [5.41, 5.74) is 1.11. The molecule has 0 spiro atoms. The van der Waals surface area contributed by atoms with Crippen molar-refractivity contribution < 1.29 is 4.79 Å². The van der Waals surface area contributed by atoms with E-state index >= 15 is 0 Å². The number of piperidine rings is 1. The van der Waals surface area contributed by atoms with E-state index in [-0.39, 0.29) is 6.04 Å². The molecule has 0 radical (unpaired) electrons. The second-order valence-electron chi connectivity index (χ2n) is 4.45. The highest BCUT2D eigenvalue weighted by molar-refractivity contribution is 7.09. The molecule has 88 valence electrons. The lowest BCUT2D eigenvalue weighted by atomic mass is 9.99. The Morgan fingerprint density at radius 3 is 3.06 bits per heavy atom. The zero-order valence-electron chi connectivity index (χ0n) is 9.90. The van der Waals surface area contributed by atoms with Crippen LogP contribution in [0.3, 0.4) is 0 Å². The van der Waals surface area contributed by atoms with Gasteiger partial charge in [0.05, 0.1) is 16.7 Å². The highest BCUT2D eigenvalue weighted by atomic mass is 32.1. The lowest BCUT2D eigenvalue weighted by Gasteiger charge is -2.33. The fourth-order valence-corrected chi connectivity index (χ4v) is 2.93. The number of thiazole rings is 1. The van der Waals surface area contributed by atoms with Crippen molar-refractivity contribution in [1.29, 1.82) is 0 Å². The number of rotatable bonds is 3. The molecule has 2 rings (SSSR count). The molecule has 0 aromatic carbocycles. The second kappa shape index (κ2) is 5.06. The Morgan fingerprint density at radius 1 is 1.62 bits per heavy atom. The Hall–Kier alpha value is -0.740. The SMILES string of the molecule is CC(=O)C1CCCCN1Cc1csc(C)n1. The van der Waals surface area contributed by atoms with Crippen molar-refractivity contribution in [2.45, 2.75) is 45.7 Å².